The third-order valence-electron chi connectivity index (χ3n) is 17.9. The molecule has 28 heteroatoms. The zero-order chi connectivity index (χ0) is 83.3. The molecule has 14 rings (SSSR count). The third-order valence-corrected chi connectivity index (χ3v) is 17.9. The van der Waals surface area contributed by atoms with Crippen molar-refractivity contribution in [2.75, 3.05) is 0 Å². The van der Waals surface area contributed by atoms with Gasteiger partial charge in [0.25, 0.3) is 0 Å². The number of hydrogen-bond donors (Lipinski definition) is 0. The summed E-state index contributed by atoms with van der Waals surface area (Å²) in [7, 11) is 0. The Morgan fingerprint density at radius 3 is 0.856 bits per heavy atom. The van der Waals surface area contributed by atoms with E-state index >= 15 is 0 Å². The van der Waals surface area contributed by atoms with Crippen molar-refractivity contribution in [3.63, 3.8) is 0 Å². The highest BCUT2D eigenvalue weighted by Gasteiger charge is 2.29. The second-order valence-corrected chi connectivity index (χ2v) is 24.6. The Hall–Kier alpha value is -19.9. The van der Waals surface area contributed by atoms with Crippen LogP contribution in [0.1, 0.15) is 74.5 Å². The van der Waals surface area contributed by atoms with Crippen LogP contribution in [-0.2, 0) is 0 Å². The first-order valence-electron chi connectivity index (χ1n) is 34.1. The van der Waals surface area contributed by atoms with E-state index < -0.39 is 0 Å². The largest absolute Gasteiger partial charge is 0.250 e. The molecule has 0 unspecified atom stereocenters. The van der Waals surface area contributed by atoms with Crippen molar-refractivity contribution in [3.8, 4) is 110 Å². The fourth-order valence-electron chi connectivity index (χ4n) is 12.5. The lowest BCUT2D eigenvalue weighted by molar-refractivity contribution is 1.19. The van der Waals surface area contributed by atoms with Gasteiger partial charge >= 0.3 is 0 Å². The van der Waals surface area contributed by atoms with Crippen molar-refractivity contribution in [3.05, 3.63) is 316 Å². The Morgan fingerprint density at radius 1 is 0.263 bits per heavy atom. The minimum Gasteiger partial charge on any atom is -0.250 e. The molecule has 0 spiro atoms. The Morgan fingerprint density at radius 2 is 0.534 bits per heavy atom. The summed E-state index contributed by atoms with van der Waals surface area (Å²) >= 11 is 0. The lowest BCUT2D eigenvalue weighted by atomic mass is 9.97. The summed E-state index contributed by atoms with van der Waals surface area (Å²) < 4.78 is 0. The normalized spacial score (nSPS) is 10.8. The summed E-state index contributed by atoms with van der Waals surface area (Å²) in [4.78, 5) is 91.7. The van der Waals surface area contributed by atoms with Crippen LogP contribution in [0.15, 0.2) is 146 Å². The first kappa shape index (κ1) is 76.3. The number of allylic oxidation sites excluding steroid dienone is 3. The molecule has 0 atom stereocenters. The van der Waals surface area contributed by atoms with Gasteiger partial charge in [0, 0.05) is 28.8 Å². The van der Waals surface area contributed by atoms with Crippen LogP contribution in [0, 0.1) is 145 Å². The maximum Gasteiger partial charge on any atom is 0.205 e. The number of rotatable bonds is 12. The molecule has 14 aromatic rings. The molecule has 6 aromatic heterocycles. The molecule has 0 aliphatic carbocycles. The van der Waals surface area contributed by atoms with Gasteiger partial charge in [0.1, 0.15) is 78.3 Å². The quantitative estimate of drug-likeness (QED) is 0.0623. The van der Waals surface area contributed by atoms with Crippen LogP contribution in [0.5, 0.6) is 0 Å². The molecule has 0 bridgehead atoms. The predicted molar refractivity (Wildman–Crippen MR) is 441 cm³/mol. The van der Waals surface area contributed by atoms with Crippen LogP contribution in [0.3, 0.4) is 0 Å². The SMILES string of the molecule is [C-]#[N+]/C=C/c1nc2c(nc1/C=C/C#N)c1nc(/C=C/C)c(/C=C/C#N)nc1c1nc(/C=C/[N+]#[C-])c(/C=C/[N+]#[C-])nc21.[C-]#[N+]c1ccc(-c2nc3c4nc(-c5ccc(C#N)c([N+]#[C-])c5)c(-c5ccc(C)c(C#N)c5)nc4c4nc(-c5ccc(C#N)c(C#N)c5)c(-c5ccc([N+]#[C-])c([N+]#[C-])c5)nc4c3nc2-c2ccc([N+]#[C-])c([N+]#[C-])c2)cc1C#N. The van der Waals surface area contributed by atoms with Gasteiger partial charge in [0.2, 0.25) is 11.4 Å². The standard InChI is InChI=1S/C60H21N17.C30H15N11/c1-31-8-9-32(20-40(31)28-63)49-52(35-11-13-39(27-62)46(23-35)69-5)75-58-55(72-49)56-59(76-53(36-15-18-44(67-3)47(24-36)70-6)50(73-56)33-10-12-38(26-61)41(21-33)29-64)60-57(58)74-51(34-14-17-43(66-2)42(22-34)30-65)54(77-60)37-16-19-45(68-4)48(25-37)71-7;1-5-8-19-20(9-6-14-31)37-26-25(36-19)27-28(39-22(11-16-33-2)21(38-27)10-7-15-32)30-29(26)40-23(12-17-34-3)24(41-30)13-18-35-4/h8-25H,1H3;5-13,16-18H,1H3/b;8-5+,9-6+,10-7+,16-11+,17-12+,18-13+. The number of nitriles is 7. The zero-order valence-electron chi connectivity index (χ0n) is 60.8. The lowest BCUT2D eigenvalue weighted by Crippen LogP contribution is -2.05. The van der Waals surface area contributed by atoms with Gasteiger partial charge in [-0.05, 0) is 103 Å². The number of aromatic nitrogens is 12. The fourth-order valence-corrected chi connectivity index (χ4v) is 12.5. The molecule has 0 saturated carbocycles. The van der Waals surface area contributed by atoms with E-state index in [1.807, 2.05) is 31.2 Å². The maximum absolute atomic E-state index is 10.3. The van der Waals surface area contributed by atoms with Gasteiger partial charge in [-0.25, -0.2) is 84.0 Å². The fraction of sp³-hybridized carbons (Fsp3) is 0.0222. The van der Waals surface area contributed by atoms with Crippen molar-refractivity contribution in [2.24, 2.45) is 0 Å². The van der Waals surface area contributed by atoms with Gasteiger partial charge in [-0.3, -0.25) is 19.4 Å². The molecule has 0 fully saturated rings. The minimum absolute atomic E-state index is 0.0130. The number of fused-ring (bicyclic) bond motifs is 12. The molecule has 0 amide bonds. The number of aryl methyl sites for hydroxylation is 1. The summed E-state index contributed by atoms with van der Waals surface area (Å²) in [5.74, 6) is 0. The van der Waals surface area contributed by atoms with E-state index in [1.165, 1.54) is 122 Å². The van der Waals surface area contributed by atoms with Gasteiger partial charge in [-0.1, -0.05) is 84.9 Å². The number of nitrogens with zero attached hydrogens (tertiary/aromatic N) is 28. The van der Waals surface area contributed by atoms with Crippen molar-refractivity contribution in [2.45, 2.75) is 13.8 Å². The second kappa shape index (κ2) is 33.3. The molecule has 0 aliphatic heterocycles. The summed E-state index contributed by atoms with van der Waals surface area (Å²) in [6.07, 6.45) is 17.2. The highest BCUT2D eigenvalue weighted by atomic mass is 15.0. The Bertz CT molecular complexity index is 7640. The van der Waals surface area contributed by atoms with E-state index in [-0.39, 0.29) is 124 Å². The Kier molecular flexibility index (Phi) is 21.5. The number of benzene rings is 8. The van der Waals surface area contributed by atoms with Crippen molar-refractivity contribution >= 4 is 137 Å². The van der Waals surface area contributed by atoms with Crippen molar-refractivity contribution in [1.29, 1.82) is 36.8 Å². The monoisotopic (exact) mass is 1510 g/mol. The summed E-state index contributed by atoms with van der Waals surface area (Å²) in [6.45, 7) is 72.2. The van der Waals surface area contributed by atoms with Gasteiger partial charge in [-0.15, -0.1) is 0 Å². The number of hydrogen-bond acceptors (Lipinski definition) is 19. The molecule has 6 heterocycles. The average Bonchev–Trinajstić information content (AvgIpc) is 0.720. The molecule has 8 aromatic carbocycles. The van der Waals surface area contributed by atoms with Crippen LogP contribution in [0.2, 0.25) is 0 Å². The van der Waals surface area contributed by atoms with Crippen LogP contribution in [0.25, 0.3) is 214 Å². The second-order valence-electron chi connectivity index (χ2n) is 24.6. The smallest absolute Gasteiger partial charge is 0.205 e. The molecular weight excluding hydrogens is 1470 g/mol. The van der Waals surface area contributed by atoms with E-state index in [0.717, 1.165) is 0 Å². The summed E-state index contributed by atoms with van der Waals surface area (Å²) in [5.41, 5.74) is 9.19. The highest BCUT2D eigenvalue weighted by Crippen LogP contribution is 2.46. The van der Waals surface area contributed by atoms with Crippen LogP contribution in [-0.4, -0.2) is 59.8 Å². The van der Waals surface area contributed by atoms with Crippen molar-refractivity contribution < 1.29 is 0 Å². The molecule has 536 valence electrons. The molecule has 118 heavy (non-hydrogen) atoms. The highest BCUT2D eigenvalue weighted by molar-refractivity contribution is 6.21. The lowest BCUT2D eigenvalue weighted by Gasteiger charge is -2.18. The Labute approximate surface area is 670 Å². The average molecular weight is 1510 g/mol. The zero-order valence-corrected chi connectivity index (χ0v) is 60.8. The van der Waals surface area contributed by atoms with Crippen molar-refractivity contribution in [1.82, 2.24) is 59.8 Å². The van der Waals surface area contributed by atoms with E-state index in [4.69, 9.17) is 129 Å². The van der Waals surface area contributed by atoms with Crippen LogP contribution < -0.4 is 0 Å². The molecule has 0 saturated heterocycles. The molecular formula is C90H36N28. The van der Waals surface area contributed by atoms with E-state index in [0.29, 0.717) is 112 Å². The van der Waals surface area contributed by atoms with Gasteiger partial charge in [0.15, 0.2) is 41.3 Å². The molecule has 0 radical (unpaired) electrons. The van der Waals surface area contributed by atoms with E-state index in [9.17, 15) is 26.3 Å². The predicted octanol–water partition coefficient (Wildman–Crippen LogP) is 20.8. The van der Waals surface area contributed by atoms with Crippen LogP contribution >= 0.6 is 0 Å². The van der Waals surface area contributed by atoms with E-state index in [1.54, 1.807) is 67.6 Å². The van der Waals surface area contributed by atoms with Crippen LogP contribution in [0.4, 0.5) is 34.1 Å². The van der Waals surface area contributed by atoms with E-state index in [2.05, 4.69) is 61.8 Å². The topological polar surface area (TPSA) is 360 Å². The van der Waals surface area contributed by atoms with Gasteiger partial charge < -0.3 is 0 Å². The molecule has 0 N–H and O–H groups in total. The molecule has 28 nitrogen and oxygen atoms in total. The van der Waals surface area contributed by atoms with Gasteiger partial charge in [0.05, 0.1) is 186 Å². The first-order valence-corrected chi connectivity index (χ1v) is 34.1. The minimum atomic E-state index is 0.0130. The third kappa shape index (κ3) is 14.2. The summed E-state index contributed by atoms with van der Waals surface area (Å²) in [6, 6.07) is 42.4. The maximum atomic E-state index is 10.3. The molecule has 0 aliphatic rings. The summed E-state index contributed by atoms with van der Waals surface area (Å²) in [5, 5.41) is 68.9. The Balaban J connectivity index is 0.000000248. The first-order chi connectivity index (χ1) is 57.6. The van der Waals surface area contributed by atoms with Gasteiger partial charge in [-0.2, -0.15) is 36.8 Å².